The maximum atomic E-state index is 12.3. The van der Waals surface area contributed by atoms with Gasteiger partial charge in [0.1, 0.15) is 6.54 Å². The Balaban J connectivity index is 1.44. The zero-order valence-electron chi connectivity index (χ0n) is 13.8. The number of thiazole rings is 1. The Kier molecular flexibility index (Phi) is 4.55. The molecule has 0 bridgehead atoms. The van der Waals surface area contributed by atoms with Crippen LogP contribution < -0.4 is 5.32 Å². The number of carbonyl (C=O) groups excluding carboxylic acids is 1. The van der Waals surface area contributed by atoms with Gasteiger partial charge in [0.15, 0.2) is 0 Å². The lowest BCUT2D eigenvalue weighted by atomic mass is 10.1. The highest BCUT2D eigenvalue weighted by molar-refractivity contribution is 7.13. The summed E-state index contributed by atoms with van der Waals surface area (Å²) in [5.41, 5.74) is 2.57. The summed E-state index contributed by atoms with van der Waals surface area (Å²) in [4.78, 5) is 19.0. The van der Waals surface area contributed by atoms with Crippen molar-refractivity contribution in [3.63, 3.8) is 0 Å². The fourth-order valence-electron chi connectivity index (χ4n) is 2.40. The summed E-state index contributed by atoms with van der Waals surface area (Å²) in [6.45, 7) is 1.97. The minimum absolute atomic E-state index is 0.00158. The monoisotopic (exact) mass is 382 g/mol. The Morgan fingerprint density at radius 2 is 2.15 bits per heavy atom. The summed E-state index contributed by atoms with van der Waals surface area (Å²) in [5, 5.41) is 20.0. The Morgan fingerprint density at radius 1 is 1.23 bits per heavy atom. The number of aromatic nitrogens is 5. The van der Waals surface area contributed by atoms with Crippen molar-refractivity contribution in [1.82, 2.24) is 25.2 Å². The van der Waals surface area contributed by atoms with E-state index in [1.54, 1.807) is 11.3 Å². The molecule has 0 spiro atoms. The van der Waals surface area contributed by atoms with Crippen molar-refractivity contribution >= 4 is 34.3 Å². The van der Waals surface area contributed by atoms with Crippen LogP contribution in [0.1, 0.15) is 5.01 Å². The standard InChI is InChI=1S/C17H14N6OS2/c1-11-18-14(10-26-11)12-4-2-5-13(8-12)19-16(24)9-23-21-17(20-22-23)15-6-3-7-25-15/h2-8,10H,9H2,1H3,(H,19,24). The lowest BCUT2D eigenvalue weighted by Crippen LogP contribution is -2.20. The van der Waals surface area contributed by atoms with Gasteiger partial charge in [-0.1, -0.05) is 18.2 Å². The molecule has 0 unspecified atom stereocenters. The summed E-state index contributed by atoms with van der Waals surface area (Å²) in [6.07, 6.45) is 0. The van der Waals surface area contributed by atoms with Gasteiger partial charge in [-0.25, -0.2) is 4.98 Å². The Labute approximate surface area is 157 Å². The van der Waals surface area contributed by atoms with Crippen LogP contribution in [0, 0.1) is 6.92 Å². The number of nitrogens with zero attached hydrogens (tertiary/aromatic N) is 5. The second kappa shape index (κ2) is 7.14. The number of nitrogens with one attached hydrogen (secondary N) is 1. The summed E-state index contributed by atoms with van der Waals surface area (Å²) in [7, 11) is 0. The number of aryl methyl sites for hydroxylation is 1. The van der Waals surface area contributed by atoms with Crippen molar-refractivity contribution in [1.29, 1.82) is 0 Å². The van der Waals surface area contributed by atoms with Gasteiger partial charge in [0, 0.05) is 16.6 Å². The largest absolute Gasteiger partial charge is 0.324 e. The first-order chi connectivity index (χ1) is 12.7. The van der Waals surface area contributed by atoms with E-state index in [1.165, 1.54) is 16.1 Å². The summed E-state index contributed by atoms with van der Waals surface area (Å²) >= 11 is 3.13. The molecule has 4 aromatic rings. The molecular weight excluding hydrogens is 368 g/mol. The third kappa shape index (κ3) is 3.68. The zero-order valence-corrected chi connectivity index (χ0v) is 15.4. The maximum absolute atomic E-state index is 12.3. The molecule has 0 aliphatic rings. The molecule has 0 saturated heterocycles. The molecule has 7 nitrogen and oxygen atoms in total. The number of carbonyl (C=O) groups is 1. The fourth-order valence-corrected chi connectivity index (χ4v) is 3.67. The molecule has 1 N–H and O–H groups in total. The van der Waals surface area contributed by atoms with E-state index in [2.05, 4.69) is 25.7 Å². The summed E-state index contributed by atoms with van der Waals surface area (Å²) in [6, 6.07) is 11.4. The molecule has 1 amide bonds. The van der Waals surface area contributed by atoms with Crippen LogP contribution in [-0.2, 0) is 11.3 Å². The first-order valence-electron chi connectivity index (χ1n) is 7.81. The van der Waals surface area contributed by atoms with Crippen LogP contribution in [0.15, 0.2) is 47.2 Å². The van der Waals surface area contributed by atoms with Gasteiger partial charge >= 0.3 is 0 Å². The predicted octanol–water partition coefficient (Wildman–Crippen LogP) is 3.47. The van der Waals surface area contributed by atoms with E-state index in [4.69, 9.17) is 0 Å². The lowest BCUT2D eigenvalue weighted by Gasteiger charge is -2.06. The van der Waals surface area contributed by atoms with E-state index in [9.17, 15) is 4.79 Å². The molecule has 3 aromatic heterocycles. The van der Waals surface area contributed by atoms with Crippen LogP contribution >= 0.6 is 22.7 Å². The van der Waals surface area contributed by atoms with Crippen molar-refractivity contribution in [3.8, 4) is 22.0 Å². The van der Waals surface area contributed by atoms with Crippen LogP contribution in [0.25, 0.3) is 22.0 Å². The topological polar surface area (TPSA) is 85.6 Å². The Bertz CT molecular complexity index is 1040. The maximum Gasteiger partial charge on any atom is 0.248 e. The Hall–Kier alpha value is -2.91. The van der Waals surface area contributed by atoms with Gasteiger partial charge in [0.25, 0.3) is 0 Å². The molecule has 9 heteroatoms. The number of amides is 1. The highest BCUT2D eigenvalue weighted by atomic mass is 32.1. The van der Waals surface area contributed by atoms with E-state index in [-0.39, 0.29) is 12.5 Å². The number of rotatable bonds is 5. The average Bonchev–Trinajstić information content (AvgIpc) is 3.35. The quantitative estimate of drug-likeness (QED) is 0.571. The smallest absolute Gasteiger partial charge is 0.248 e. The summed E-state index contributed by atoms with van der Waals surface area (Å²) in [5.74, 6) is 0.306. The van der Waals surface area contributed by atoms with Gasteiger partial charge in [-0.05, 0) is 35.7 Å². The van der Waals surface area contributed by atoms with Gasteiger partial charge in [0.2, 0.25) is 11.7 Å². The summed E-state index contributed by atoms with van der Waals surface area (Å²) < 4.78 is 0. The van der Waals surface area contributed by atoms with Crippen molar-refractivity contribution in [2.24, 2.45) is 0 Å². The van der Waals surface area contributed by atoms with Crippen LogP contribution in [-0.4, -0.2) is 31.1 Å². The number of hydrogen-bond acceptors (Lipinski definition) is 7. The van der Waals surface area contributed by atoms with Gasteiger partial charge in [-0.15, -0.1) is 32.9 Å². The highest BCUT2D eigenvalue weighted by Gasteiger charge is 2.11. The molecule has 1 aromatic carbocycles. The van der Waals surface area contributed by atoms with Crippen molar-refractivity contribution in [2.75, 3.05) is 5.32 Å². The highest BCUT2D eigenvalue weighted by Crippen LogP contribution is 2.24. The van der Waals surface area contributed by atoms with E-state index < -0.39 is 0 Å². The molecule has 0 fully saturated rings. The third-order valence-corrected chi connectivity index (χ3v) is 5.18. The molecular formula is C17H14N6OS2. The van der Waals surface area contributed by atoms with E-state index in [0.29, 0.717) is 11.5 Å². The second-order valence-corrected chi connectivity index (χ2v) is 7.51. The van der Waals surface area contributed by atoms with Crippen molar-refractivity contribution in [3.05, 3.63) is 52.2 Å². The van der Waals surface area contributed by atoms with Crippen LogP contribution in [0.5, 0.6) is 0 Å². The van der Waals surface area contributed by atoms with E-state index >= 15 is 0 Å². The SMILES string of the molecule is Cc1nc(-c2cccc(NC(=O)Cn3nnc(-c4cccs4)n3)c2)cs1. The Morgan fingerprint density at radius 3 is 2.92 bits per heavy atom. The van der Waals surface area contributed by atoms with Crippen molar-refractivity contribution < 1.29 is 4.79 Å². The molecule has 130 valence electrons. The molecule has 0 radical (unpaired) electrons. The van der Waals surface area contributed by atoms with Gasteiger partial charge in [0.05, 0.1) is 15.6 Å². The first-order valence-corrected chi connectivity index (χ1v) is 9.57. The van der Waals surface area contributed by atoms with Crippen LogP contribution in [0.2, 0.25) is 0 Å². The fraction of sp³-hybridized carbons (Fsp3) is 0.118. The number of thiophene rings is 1. The molecule has 0 aliphatic carbocycles. The van der Waals surface area contributed by atoms with Crippen LogP contribution in [0.3, 0.4) is 0 Å². The number of anilines is 1. The molecule has 4 rings (SSSR count). The minimum Gasteiger partial charge on any atom is -0.324 e. The van der Waals surface area contributed by atoms with E-state index in [1.807, 2.05) is 54.1 Å². The number of hydrogen-bond donors (Lipinski definition) is 1. The van der Waals surface area contributed by atoms with E-state index in [0.717, 1.165) is 21.1 Å². The third-order valence-electron chi connectivity index (χ3n) is 3.54. The minimum atomic E-state index is -0.216. The predicted molar refractivity (Wildman–Crippen MR) is 102 cm³/mol. The molecule has 0 aliphatic heterocycles. The molecule has 3 heterocycles. The number of benzene rings is 1. The average molecular weight is 382 g/mol. The molecule has 0 atom stereocenters. The first kappa shape index (κ1) is 16.6. The van der Waals surface area contributed by atoms with Gasteiger partial charge in [-0.3, -0.25) is 4.79 Å². The van der Waals surface area contributed by atoms with Crippen LogP contribution in [0.4, 0.5) is 5.69 Å². The molecule has 0 saturated carbocycles. The van der Waals surface area contributed by atoms with Gasteiger partial charge in [-0.2, -0.15) is 4.80 Å². The number of tetrazole rings is 1. The normalized spacial score (nSPS) is 10.8. The van der Waals surface area contributed by atoms with Gasteiger partial charge < -0.3 is 5.32 Å². The second-order valence-electron chi connectivity index (χ2n) is 5.50. The van der Waals surface area contributed by atoms with Crippen molar-refractivity contribution in [2.45, 2.75) is 13.5 Å². The zero-order chi connectivity index (χ0) is 17.9. The lowest BCUT2D eigenvalue weighted by molar-refractivity contribution is -0.117. The molecule has 26 heavy (non-hydrogen) atoms.